The lowest BCUT2D eigenvalue weighted by molar-refractivity contribution is 0.0972. The highest BCUT2D eigenvalue weighted by molar-refractivity contribution is 9.10. The quantitative estimate of drug-likeness (QED) is 0.0413. The highest BCUT2D eigenvalue weighted by atomic mass is 79.9. The van der Waals surface area contributed by atoms with E-state index in [-0.39, 0.29) is 36.0 Å². The maximum atomic E-state index is 12.5. The van der Waals surface area contributed by atoms with E-state index >= 15 is 0 Å². The number of halogens is 3. The van der Waals surface area contributed by atoms with Gasteiger partial charge in [0.2, 0.25) is 23.5 Å². The minimum Gasteiger partial charge on any atom is -0.439 e. The standard InChI is InChI=1S/C24H19ClN2O3.C24H20N2O3.C23H17BrN2O3.C23H17ClN2O3/c1-16-7-10-20(21(25)13-16)22-14-19(30-27-22)9-11-23(28)17-8-12-24(26-15-17)29-18-5-3-2-4-6-18;1-17-7-9-18(10-8-17)22-15-21(29-26-22)12-13-23(27)19-11-14-24(25-16-19)28-20-5-3-2-4-6-20;2*24-20-9-5-4-8-19(20)21-14-18(29-26-21)11-12-22(27)16-10-13-23(25-15-16)28-17-6-2-1-3-7-17/h2-8,10,12-15H,9,11H2,1H3;2-11,14-16H,12-13H2,1H3;2*1-10,13-15H,11-12H2. The van der Waals surface area contributed by atoms with Gasteiger partial charge in [-0.15, -0.1) is 0 Å². The monoisotopic (exact) mass is 1650 g/mol. The number of ketones is 4. The number of rotatable bonds is 28. The summed E-state index contributed by atoms with van der Waals surface area (Å²) in [5.74, 6) is 7.10. The van der Waals surface area contributed by atoms with E-state index in [4.69, 9.17) is 60.2 Å². The highest BCUT2D eigenvalue weighted by Crippen LogP contribution is 2.33. The molecule has 23 heteroatoms. The molecule has 0 aliphatic heterocycles. The van der Waals surface area contributed by atoms with Crippen LogP contribution in [0.4, 0.5) is 0 Å². The molecule has 0 aliphatic carbocycles. The summed E-state index contributed by atoms with van der Waals surface area (Å²) in [7, 11) is 0. The average Bonchev–Trinajstić information content (AvgIpc) is 1.73. The molecule has 20 nitrogen and oxygen atoms in total. The predicted molar refractivity (Wildman–Crippen MR) is 449 cm³/mol. The van der Waals surface area contributed by atoms with Crippen LogP contribution >= 0.6 is 39.1 Å². The van der Waals surface area contributed by atoms with Crippen LogP contribution in [0, 0.1) is 13.8 Å². The van der Waals surface area contributed by atoms with Gasteiger partial charge in [-0.05, 0) is 110 Å². The summed E-state index contributed by atoms with van der Waals surface area (Å²) in [5.41, 5.74) is 10.8. The number of para-hydroxylation sites is 4. The van der Waals surface area contributed by atoms with Gasteiger partial charge in [0.25, 0.3) is 0 Å². The Morgan fingerprint density at radius 3 is 0.940 bits per heavy atom. The Kier molecular flexibility index (Phi) is 28.3. The number of nitrogens with zero attached hydrogens (tertiary/aromatic N) is 8. The Morgan fingerprint density at radius 1 is 0.308 bits per heavy atom. The van der Waals surface area contributed by atoms with Crippen molar-refractivity contribution in [1.82, 2.24) is 40.6 Å². The lowest BCUT2D eigenvalue weighted by Crippen LogP contribution is -2.01. The average molecular weight is 1660 g/mol. The molecule has 0 radical (unpaired) electrons. The van der Waals surface area contributed by atoms with Gasteiger partial charge in [0.15, 0.2) is 23.1 Å². The second kappa shape index (κ2) is 40.7. The van der Waals surface area contributed by atoms with E-state index in [2.05, 4.69) is 56.5 Å². The molecular weight excluding hydrogens is 1580 g/mol. The molecule has 8 heterocycles. The Bertz CT molecular complexity index is 5740. The summed E-state index contributed by atoms with van der Waals surface area (Å²) in [6.07, 6.45) is 9.18. The fraction of sp³-hybridized carbons (Fsp3) is 0.106. The number of ether oxygens (including phenoxy) is 4. The van der Waals surface area contributed by atoms with Gasteiger partial charge in [0, 0.05) is 174 Å². The van der Waals surface area contributed by atoms with Gasteiger partial charge in [0.05, 0.1) is 10.0 Å². The lowest BCUT2D eigenvalue weighted by Gasteiger charge is -2.05. The fourth-order valence-electron chi connectivity index (χ4n) is 11.5. The Labute approximate surface area is 692 Å². The first-order valence-electron chi connectivity index (χ1n) is 37.2. The van der Waals surface area contributed by atoms with Crippen LogP contribution in [0.5, 0.6) is 46.5 Å². The minimum absolute atomic E-state index is 0.00273. The van der Waals surface area contributed by atoms with Crippen molar-refractivity contribution in [1.29, 1.82) is 0 Å². The first-order valence-corrected chi connectivity index (χ1v) is 38.7. The molecule has 0 atom stereocenters. The zero-order valence-electron chi connectivity index (χ0n) is 63.2. The number of pyridine rings is 4. The van der Waals surface area contributed by atoms with Crippen LogP contribution in [0.3, 0.4) is 0 Å². The Morgan fingerprint density at radius 2 is 0.607 bits per heavy atom. The molecule has 8 aromatic heterocycles. The zero-order valence-corrected chi connectivity index (χ0v) is 66.3. The molecule has 0 aliphatic rings. The second-order valence-electron chi connectivity index (χ2n) is 26.4. The first-order chi connectivity index (χ1) is 57.1. The van der Waals surface area contributed by atoms with E-state index in [1.807, 2.05) is 244 Å². The van der Waals surface area contributed by atoms with Crippen LogP contribution in [0.2, 0.25) is 10.0 Å². The SMILES string of the molecule is Cc1ccc(-c2cc(CCC(=O)c3ccc(Oc4ccccc4)nc3)on2)c(Cl)c1.Cc1ccc(-c2cc(CCC(=O)c3ccc(Oc4ccccc4)nc3)on2)cc1.O=C(CCc1cc(-c2ccccc2Br)no1)c1ccc(Oc2ccccc2)nc1.O=C(CCc1cc(-c2ccccc2Cl)no1)c1ccc(Oc2ccccc2)nc1. The predicted octanol–water partition coefficient (Wildman–Crippen LogP) is 24.1. The number of carbonyl (C=O) groups excluding carboxylic acids is 4. The summed E-state index contributed by atoms with van der Waals surface area (Å²) < 4.78 is 45.0. The van der Waals surface area contributed by atoms with E-state index in [0.29, 0.717) is 152 Å². The smallest absolute Gasteiger partial charge is 0.219 e. The van der Waals surface area contributed by atoms with Crippen LogP contribution < -0.4 is 18.9 Å². The lowest BCUT2D eigenvalue weighted by atomic mass is 10.1. The molecule has 0 spiro atoms. The largest absolute Gasteiger partial charge is 0.439 e. The van der Waals surface area contributed by atoms with Crippen LogP contribution in [0.15, 0.2) is 332 Å². The number of benzene rings is 8. The molecule has 582 valence electrons. The van der Waals surface area contributed by atoms with Crippen LogP contribution in [-0.2, 0) is 25.7 Å². The highest BCUT2D eigenvalue weighted by Gasteiger charge is 2.19. The van der Waals surface area contributed by atoms with Gasteiger partial charge in [-0.25, -0.2) is 19.9 Å². The number of aryl methyl sites for hydroxylation is 6. The van der Waals surface area contributed by atoms with Crippen molar-refractivity contribution in [2.75, 3.05) is 0 Å². The molecule has 0 fully saturated rings. The number of aromatic nitrogens is 8. The Balaban J connectivity index is 0.000000135. The van der Waals surface area contributed by atoms with Crippen LogP contribution in [0.1, 0.15) is 101 Å². The molecule has 0 saturated heterocycles. The van der Waals surface area contributed by atoms with Crippen molar-refractivity contribution in [3.8, 4) is 91.5 Å². The van der Waals surface area contributed by atoms with E-state index in [9.17, 15) is 19.2 Å². The zero-order chi connectivity index (χ0) is 81.1. The maximum Gasteiger partial charge on any atom is 0.219 e. The first kappa shape index (κ1) is 81.2. The summed E-state index contributed by atoms with van der Waals surface area (Å²) in [6, 6.07) is 87.6. The van der Waals surface area contributed by atoms with E-state index < -0.39 is 0 Å². The number of hydrogen-bond donors (Lipinski definition) is 0. The molecule has 0 bridgehead atoms. The third kappa shape index (κ3) is 23.9. The molecule has 0 unspecified atom stereocenters. The molecule has 117 heavy (non-hydrogen) atoms. The molecule has 0 amide bonds. The second-order valence-corrected chi connectivity index (χ2v) is 28.1. The van der Waals surface area contributed by atoms with Gasteiger partial charge in [-0.1, -0.05) is 211 Å². The molecule has 16 rings (SSSR count). The molecular formula is C94H73BrCl2N8O12. The van der Waals surface area contributed by atoms with Crippen molar-refractivity contribution >= 4 is 62.3 Å². The molecule has 0 saturated carbocycles. The normalized spacial score (nSPS) is 10.7. The Hall–Kier alpha value is -13.9. The third-order valence-corrected chi connectivity index (χ3v) is 19.1. The van der Waals surface area contributed by atoms with Crippen molar-refractivity contribution < 1.29 is 56.2 Å². The van der Waals surface area contributed by atoms with Crippen molar-refractivity contribution in [2.24, 2.45) is 0 Å². The summed E-state index contributed by atoms with van der Waals surface area (Å²) in [4.78, 5) is 66.7. The third-order valence-electron chi connectivity index (χ3n) is 17.8. The van der Waals surface area contributed by atoms with Crippen LogP contribution in [-0.4, -0.2) is 63.7 Å². The fourth-order valence-corrected chi connectivity index (χ4v) is 12.6. The van der Waals surface area contributed by atoms with Crippen molar-refractivity contribution in [3.63, 3.8) is 0 Å². The van der Waals surface area contributed by atoms with Gasteiger partial charge in [-0.3, -0.25) is 19.2 Å². The summed E-state index contributed by atoms with van der Waals surface area (Å²) in [6.45, 7) is 4.02. The summed E-state index contributed by atoms with van der Waals surface area (Å²) in [5, 5.41) is 17.6. The van der Waals surface area contributed by atoms with E-state index in [0.717, 1.165) is 43.7 Å². The van der Waals surface area contributed by atoms with Gasteiger partial charge in [-0.2, -0.15) is 0 Å². The van der Waals surface area contributed by atoms with Gasteiger partial charge in [0.1, 0.15) is 68.8 Å². The maximum absolute atomic E-state index is 12.5. The van der Waals surface area contributed by atoms with Crippen molar-refractivity contribution in [2.45, 2.75) is 65.2 Å². The summed E-state index contributed by atoms with van der Waals surface area (Å²) >= 11 is 16.0. The molecule has 0 N–H and O–H groups in total. The van der Waals surface area contributed by atoms with Gasteiger partial charge < -0.3 is 37.0 Å². The van der Waals surface area contributed by atoms with Crippen LogP contribution in [0.25, 0.3) is 45.0 Å². The number of hydrogen-bond acceptors (Lipinski definition) is 20. The number of Topliss-reactive ketones (excluding diaryl/α,β-unsaturated/α-hetero) is 4. The van der Waals surface area contributed by atoms with E-state index in [1.54, 1.807) is 60.8 Å². The molecule has 8 aromatic carbocycles. The van der Waals surface area contributed by atoms with Gasteiger partial charge >= 0.3 is 0 Å². The molecule has 16 aromatic rings. The van der Waals surface area contributed by atoms with Crippen molar-refractivity contribution in [3.05, 3.63) is 381 Å². The minimum atomic E-state index is -0.0283. The van der Waals surface area contributed by atoms with E-state index in [1.165, 1.54) is 24.2 Å². The number of carbonyl (C=O) groups is 4. The topological polar surface area (TPSA) is 261 Å².